The van der Waals surface area contributed by atoms with Crippen LogP contribution in [0.25, 0.3) is 5.65 Å². The Bertz CT molecular complexity index is 433. The van der Waals surface area contributed by atoms with Gasteiger partial charge in [0.05, 0.1) is 11.8 Å². The van der Waals surface area contributed by atoms with E-state index < -0.39 is 0 Å². The number of hydrogen-bond donors (Lipinski definition) is 0. The van der Waals surface area contributed by atoms with Crippen molar-refractivity contribution in [2.24, 2.45) is 0 Å². The Morgan fingerprint density at radius 2 is 2.42 bits per heavy atom. The first-order valence-electron chi connectivity index (χ1n) is 3.58. The standard InChI is InChI=1S/C8H7N3O/c1-6(12)7-4-9-8-2-3-10-11(8)5-7/h2-5H,1H3. The molecule has 0 saturated carbocycles. The van der Waals surface area contributed by atoms with Crippen molar-refractivity contribution >= 4 is 11.4 Å². The van der Waals surface area contributed by atoms with E-state index in [1.807, 2.05) is 0 Å². The van der Waals surface area contributed by atoms with Crippen molar-refractivity contribution in [2.45, 2.75) is 6.92 Å². The third-order valence-corrected chi connectivity index (χ3v) is 1.65. The lowest BCUT2D eigenvalue weighted by molar-refractivity contribution is 0.101. The topological polar surface area (TPSA) is 47.3 Å². The van der Waals surface area contributed by atoms with E-state index in [0.29, 0.717) is 5.56 Å². The predicted octanol–water partition coefficient (Wildman–Crippen LogP) is 0.932. The number of hydrogen-bond acceptors (Lipinski definition) is 3. The van der Waals surface area contributed by atoms with Crippen molar-refractivity contribution in [3.05, 3.63) is 30.2 Å². The molecule has 0 aromatic carbocycles. The average molecular weight is 161 g/mol. The van der Waals surface area contributed by atoms with Crippen LogP contribution in [0.4, 0.5) is 0 Å². The van der Waals surface area contributed by atoms with Gasteiger partial charge in [0.1, 0.15) is 0 Å². The highest BCUT2D eigenvalue weighted by atomic mass is 16.1. The lowest BCUT2D eigenvalue weighted by Gasteiger charge is -1.95. The molecule has 4 nitrogen and oxygen atoms in total. The molecule has 0 atom stereocenters. The van der Waals surface area contributed by atoms with Crippen LogP contribution in [0.2, 0.25) is 0 Å². The molecule has 0 unspecified atom stereocenters. The van der Waals surface area contributed by atoms with Gasteiger partial charge in [-0.25, -0.2) is 9.50 Å². The van der Waals surface area contributed by atoms with E-state index in [2.05, 4.69) is 10.1 Å². The zero-order valence-corrected chi connectivity index (χ0v) is 6.56. The fourth-order valence-electron chi connectivity index (χ4n) is 0.992. The van der Waals surface area contributed by atoms with Crippen LogP contribution in [0.3, 0.4) is 0 Å². The predicted molar refractivity (Wildman–Crippen MR) is 43.0 cm³/mol. The number of aromatic nitrogens is 3. The summed E-state index contributed by atoms with van der Waals surface area (Å²) in [5.41, 5.74) is 1.33. The smallest absolute Gasteiger partial charge is 0.162 e. The molecule has 60 valence electrons. The second-order valence-corrected chi connectivity index (χ2v) is 2.53. The number of nitrogens with zero attached hydrogens (tertiary/aromatic N) is 3. The fraction of sp³-hybridized carbons (Fsp3) is 0.125. The van der Waals surface area contributed by atoms with Crippen LogP contribution in [0.5, 0.6) is 0 Å². The maximum absolute atomic E-state index is 10.9. The summed E-state index contributed by atoms with van der Waals surface area (Å²) in [7, 11) is 0. The van der Waals surface area contributed by atoms with E-state index in [0.717, 1.165) is 5.65 Å². The number of carbonyl (C=O) groups excluding carboxylic acids is 1. The molecule has 0 aliphatic rings. The minimum Gasteiger partial charge on any atom is -0.294 e. The van der Waals surface area contributed by atoms with Crippen LogP contribution < -0.4 is 0 Å². The Morgan fingerprint density at radius 1 is 1.58 bits per heavy atom. The summed E-state index contributed by atoms with van der Waals surface area (Å²) >= 11 is 0. The second-order valence-electron chi connectivity index (χ2n) is 2.53. The van der Waals surface area contributed by atoms with Crippen molar-refractivity contribution in [1.29, 1.82) is 0 Å². The highest BCUT2D eigenvalue weighted by Crippen LogP contribution is 2.01. The van der Waals surface area contributed by atoms with Crippen molar-refractivity contribution in [3.8, 4) is 0 Å². The van der Waals surface area contributed by atoms with Gasteiger partial charge in [-0.3, -0.25) is 4.79 Å². The maximum Gasteiger partial charge on any atom is 0.162 e. The minimum absolute atomic E-state index is 0.0000926. The Balaban J connectivity index is 2.68. The van der Waals surface area contributed by atoms with E-state index in [1.54, 1.807) is 29.2 Å². The molecule has 0 N–H and O–H groups in total. The summed E-state index contributed by atoms with van der Waals surface area (Å²) in [6.45, 7) is 1.51. The van der Waals surface area contributed by atoms with Gasteiger partial charge in [0, 0.05) is 18.5 Å². The van der Waals surface area contributed by atoms with E-state index in [-0.39, 0.29) is 5.78 Å². The highest BCUT2D eigenvalue weighted by molar-refractivity contribution is 5.93. The molecule has 0 fully saturated rings. The molecule has 2 rings (SSSR count). The van der Waals surface area contributed by atoms with E-state index in [4.69, 9.17) is 0 Å². The van der Waals surface area contributed by atoms with Crippen LogP contribution in [-0.2, 0) is 0 Å². The monoisotopic (exact) mass is 161 g/mol. The summed E-state index contributed by atoms with van der Waals surface area (Å²) in [5.74, 6) is -0.0000926. The average Bonchev–Trinajstić information content (AvgIpc) is 2.49. The molecule has 0 spiro atoms. The van der Waals surface area contributed by atoms with Crippen LogP contribution in [0.1, 0.15) is 17.3 Å². The maximum atomic E-state index is 10.9. The molecule has 0 amide bonds. The van der Waals surface area contributed by atoms with E-state index in [1.165, 1.54) is 6.92 Å². The molecule has 2 heterocycles. The van der Waals surface area contributed by atoms with Crippen LogP contribution in [-0.4, -0.2) is 20.4 Å². The van der Waals surface area contributed by atoms with Crippen molar-refractivity contribution in [2.75, 3.05) is 0 Å². The van der Waals surface area contributed by atoms with Crippen molar-refractivity contribution in [1.82, 2.24) is 14.6 Å². The van der Waals surface area contributed by atoms with E-state index in [9.17, 15) is 4.79 Å². The molecular weight excluding hydrogens is 154 g/mol. The third-order valence-electron chi connectivity index (χ3n) is 1.65. The molecule has 2 aromatic heterocycles. The lowest BCUT2D eigenvalue weighted by atomic mass is 10.2. The van der Waals surface area contributed by atoms with Gasteiger partial charge in [-0.15, -0.1) is 0 Å². The molecule has 0 bridgehead atoms. The Hall–Kier alpha value is -1.71. The number of fused-ring (bicyclic) bond motifs is 1. The first-order chi connectivity index (χ1) is 5.77. The van der Waals surface area contributed by atoms with Gasteiger partial charge in [-0.1, -0.05) is 0 Å². The largest absolute Gasteiger partial charge is 0.294 e. The molecule has 0 aliphatic heterocycles. The molecule has 0 radical (unpaired) electrons. The summed E-state index contributed by atoms with van der Waals surface area (Å²) in [6, 6.07) is 1.78. The molecular formula is C8H7N3O. The first kappa shape index (κ1) is 6.97. The molecule has 4 heteroatoms. The number of carbonyl (C=O) groups is 1. The number of ketones is 1. The Morgan fingerprint density at radius 3 is 3.17 bits per heavy atom. The zero-order valence-electron chi connectivity index (χ0n) is 6.56. The minimum atomic E-state index is -0.0000926. The zero-order chi connectivity index (χ0) is 8.55. The summed E-state index contributed by atoms with van der Waals surface area (Å²) in [4.78, 5) is 15.0. The van der Waals surface area contributed by atoms with Gasteiger partial charge in [-0.05, 0) is 6.92 Å². The summed E-state index contributed by atoms with van der Waals surface area (Å²) in [6.07, 6.45) is 4.87. The Labute approximate surface area is 68.8 Å². The first-order valence-corrected chi connectivity index (χ1v) is 3.58. The SMILES string of the molecule is CC(=O)c1cnc2ccnn2c1. The van der Waals surface area contributed by atoms with Crippen LogP contribution in [0.15, 0.2) is 24.7 Å². The van der Waals surface area contributed by atoms with Gasteiger partial charge in [0.2, 0.25) is 0 Å². The fourth-order valence-corrected chi connectivity index (χ4v) is 0.992. The number of Topliss-reactive ketones (excluding diaryl/α,β-unsaturated/α-hetero) is 1. The molecule has 12 heavy (non-hydrogen) atoms. The van der Waals surface area contributed by atoms with Gasteiger partial charge in [0.25, 0.3) is 0 Å². The van der Waals surface area contributed by atoms with Crippen molar-refractivity contribution < 1.29 is 4.79 Å². The molecule has 0 aliphatic carbocycles. The second kappa shape index (κ2) is 2.41. The van der Waals surface area contributed by atoms with Gasteiger partial charge >= 0.3 is 0 Å². The molecule has 0 saturated heterocycles. The van der Waals surface area contributed by atoms with E-state index >= 15 is 0 Å². The quantitative estimate of drug-likeness (QED) is 0.584. The third kappa shape index (κ3) is 0.972. The van der Waals surface area contributed by atoms with Gasteiger partial charge in [0.15, 0.2) is 11.4 Å². The van der Waals surface area contributed by atoms with Gasteiger partial charge in [-0.2, -0.15) is 5.10 Å². The summed E-state index contributed by atoms with van der Waals surface area (Å²) < 4.78 is 1.58. The van der Waals surface area contributed by atoms with Crippen LogP contribution in [0, 0.1) is 0 Å². The van der Waals surface area contributed by atoms with Gasteiger partial charge < -0.3 is 0 Å². The van der Waals surface area contributed by atoms with Crippen LogP contribution >= 0.6 is 0 Å². The number of rotatable bonds is 1. The van der Waals surface area contributed by atoms with Crippen molar-refractivity contribution in [3.63, 3.8) is 0 Å². The normalized spacial score (nSPS) is 10.4. The lowest BCUT2D eigenvalue weighted by Crippen LogP contribution is -1.98. The molecule has 2 aromatic rings. The highest BCUT2D eigenvalue weighted by Gasteiger charge is 2.01. The Kier molecular flexibility index (Phi) is 1.40. The summed E-state index contributed by atoms with van der Waals surface area (Å²) in [5, 5.41) is 3.96.